The van der Waals surface area contributed by atoms with Crippen LogP contribution < -0.4 is 5.73 Å². The largest absolute Gasteiger partial charge is 0.466 e. The number of carbonyl (C=O) groups is 2. The van der Waals surface area contributed by atoms with E-state index in [0.29, 0.717) is 11.1 Å². The van der Waals surface area contributed by atoms with Gasteiger partial charge in [0, 0.05) is 0 Å². The second kappa shape index (κ2) is 7.38. The summed E-state index contributed by atoms with van der Waals surface area (Å²) in [6.45, 7) is 0. The normalized spacial score (nSPS) is 13.0. The van der Waals surface area contributed by atoms with E-state index in [1.165, 1.54) is 7.11 Å². The minimum Gasteiger partial charge on any atom is -0.466 e. The molecule has 0 bridgehead atoms. The number of esters is 2. The van der Waals surface area contributed by atoms with E-state index in [4.69, 9.17) is 15.2 Å². The van der Waals surface area contributed by atoms with Gasteiger partial charge < -0.3 is 15.2 Å². The smallest absolute Gasteiger partial charge is 0.349 e. The Morgan fingerprint density at radius 3 is 2.05 bits per heavy atom. The van der Waals surface area contributed by atoms with E-state index < -0.39 is 24.1 Å². The third-order valence-corrected chi connectivity index (χ3v) is 3.19. The van der Waals surface area contributed by atoms with E-state index in [0.717, 1.165) is 0 Å². The van der Waals surface area contributed by atoms with Crippen LogP contribution in [0.25, 0.3) is 0 Å². The second-order valence-electron chi connectivity index (χ2n) is 4.65. The Balaban J connectivity index is 2.20. The van der Waals surface area contributed by atoms with Crippen molar-refractivity contribution in [2.45, 2.75) is 12.1 Å². The molecule has 0 fully saturated rings. The number of benzene rings is 2. The van der Waals surface area contributed by atoms with Crippen LogP contribution >= 0.6 is 0 Å². The lowest BCUT2D eigenvalue weighted by Gasteiger charge is -2.22. The topological polar surface area (TPSA) is 78.6 Å². The molecule has 0 saturated carbocycles. The van der Waals surface area contributed by atoms with Crippen LogP contribution in [0.5, 0.6) is 0 Å². The van der Waals surface area contributed by atoms with E-state index in [2.05, 4.69) is 0 Å². The Morgan fingerprint density at radius 1 is 0.955 bits per heavy atom. The molecule has 2 N–H and O–H groups in total. The number of methoxy groups -OCH3 is 1. The predicted octanol–water partition coefficient (Wildman–Crippen LogP) is 2.08. The van der Waals surface area contributed by atoms with Crippen molar-refractivity contribution in [3.8, 4) is 0 Å². The summed E-state index contributed by atoms with van der Waals surface area (Å²) in [4.78, 5) is 24.0. The highest BCUT2D eigenvalue weighted by Gasteiger charge is 2.32. The maximum atomic E-state index is 12.1. The average molecular weight is 299 g/mol. The summed E-state index contributed by atoms with van der Waals surface area (Å²) in [7, 11) is 1.23. The van der Waals surface area contributed by atoms with Crippen molar-refractivity contribution in [1.82, 2.24) is 0 Å². The number of hydrogen-bond donors (Lipinski definition) is 1. The Labute approximate surface area is 128 Å². The van der Waals surface area contributed by atoms with E-state index in [1.807, 2.05) is 6.07 Å². The lowest BCUT2D eigenvalue weighted by atomic mass is 10.0. The summed E-state index contributed by atoms with van der Waals surface area (Å²) < 4.78 is 9.96. The van der Waals surface area contributed by atoms with E-state index in [9.17, 15) is 9.59 Å². The van der Waals surface area contributed by atoms with Crippen molar-refractivity contribution < 1.29 is 19.1 Å². The van der Waals surface area contributed by atoms with Crippen LogP contribution in [0.15, 0.2) is 60.7 Å². The van der Waals surface area contributed by atoms with Gasteiger partial charge in [-0.3, -0.25) is 0 Å². The maximum absolute atomic E-state index is 12.1. The number of carbonyl (C=O) groups excluding carboxylic acids is 2. The quantitative estimate of drug-likeness (QED) is 0.855. The van der Waals surface area contributed by atoms with Crippen molar-refractivity contribution in [3.63, 3.8) is 0 Å². The third-order valence-electron chi connectivity index (χ3n) is 3.19. The molecule has 22 heavy (non-hydrogen) atoms. The van der Waals surface area contributed by atoms with Gasteiger partial charge >= 0.3 is 11.9 Å². The molecule has 0 heterocycles. The molecule has 0 aliphatic rings. The number of ether oxygens (including phenoxy) is 2. The Bertz CT molecular complexity index is 628. The molecule has 2 atom stereocenters. The fraction of sp³-hybridized carbons (Fsp3) is 0.176. The SMILES string of the molecule is COC(=O)[C@@H](OC(=O)c1ccccc1)[C@H](N)c1ccccc1. The van der Waals surface area contributed by atoms with Crippen LogP contribution in [0.1, 0.15) is 22.0 Å². The lowest BCUT2D eigenvalue weighted by Crippen LogP contribution is -2.38. The standard InChI is InChI=1S/C17H17NO4/c1-21-17(20)15(14(18)12-8-4-2-5-9-12)22-16(19)13-10-6-3-7-11-13/h2-11,14-15H,18H2,1H3/t14-,15+/m1/s1. The van der Waals surface area contributed by atoms with Gasteiger partial charge in [-0.25, -0.2) is 9.59 Å². The average Bonchev–Trinajstić information content (AvgIpc) is 2.59. The molecule has 2 aromatic rings. The minimum absolute atomic E-state index is 0.344. The maximum Gasteiger partial charge on any atom is 0.349 e. The van der Waals surface area contributed by atoms with Crippen LogP contribution in [-0.2, 0) is 14.3 Å². The molecule has 0 radical (unpaired) electrons. The first-order valence-electron chi connectivity index (χ1n) is 6.78. The molecule has 0 spiro atoms. The summed E-state index contributed by atoms with van der Waals surface area (Å²) in [5.41, 5.74) is 7.09. The second-order valence-corrected chi connectivity index (χ2v) is 4.65. The summed E-state index contributed by atoms with van der Waals surface area (Å²) in [6, 6.07) is 16.5. The molecule has 5 heteroatoms. The van der Waals surface area contributed by atoms with Crippen molar-refractivity contribution >= 4 is 11.9 Å². The van der Waals surface area contributed by atoms with Gasteiger partial charge in [0.25, 0.3) is 0 Å². The van der Waals surface area contributed by atoms with Crippen LogP contribution in [-0.4, -0.2) is 25.2 Å². The van der Waals surface area contributed by atoms with Gasteiger partial charge in [0.2, 0.25) is 6.10 Å². The highest BCUT2D eigenvalue weighted by atomic mass is 16.6. The summed E-state index contributed by atoms with van der Waals surface area (Å²) >= 11 is 0. The van der Waals surface area contributed by atoms with E-state index >= 15 is 0 Å². The summed E-state index contributed by atoms with van der Waals surface area (Å²) in [5.74, 6) is -1.32. The monoisotopic (exact) mass is 299 g/mol. The van der Waals surface area contributed by atoms with Gasteiger partial charge in [-0.15, -0.1) is 0 Å². The first-order valence-corrected chi connectivity index (χ1v) is 6.78. The first-order chi connectivity index (χ1) is 10.6. The lowest BCUT2D eigenvalue weighted by molar-refractivity contribution is -0.152. The van der Waals surface area contributed by atoms with Crippen LogP contribution in [0.2, 0.25) is 0 Å². The fourth-order valence-electron chi connectivity index (χ4n) is 1.99. The third kappa shape index (κ3) is 3.71. The predicted molar refractivity (Wildman–Crippen MR) is 81.0 cm³/mol. The molecule has 0 saturated heterocycles. The number of nitrogens with two attached hydrogens (primary N) is 1. The van der Waals surface area contributed by atoms with Crippen LogP contribution in [0, 0.1) is 0 Å². The molecular formula is C17H17NO4. The zero-order chi connectivity index (χ0) is 15.9. The van der Waals surface area contributed by atoms with Gasteiger partial charge in [0.05, 0.1) is 18.7 Å². The molecule has 2 aromatic carbocycles. The Hall–Kier alpha value is -2.66. The fourth-order valence-corrected chi connectivity index (χ4v) is 1.99. The van der Waals surface area contributed by atoms with Crippen molar-refractivity contribution in [2.75, 3.05) is 7.11 Å². The molecular weight excluding hydrogens is 282 g/mol. The van der Waals surface area contributed by atoms with Crippen molar-refractivity contribution in [1.29, 1.82) is 0 Å². The van der Waals surface area contributed by atoms with E-state index in [1.54, 1.807) is 54.6 Å². The molecule has 114 valence electrons. The molecule has 0 amide bonds. The van der Waals surface area contributed by atoms with Crippen molar-refractivity contribution in [3.05, 3.63) is 71.8 Å². The zero-order valence-electron chi connectivity index (χ0n) is 12.1. The Morgan fingerprint density at radius 2 is 1.50 bits per heavy atom. The Kier molecular flexibility index (Phi) is 5.27. The molecule has 0 unspecified atom stereocenters. The van der Waals surface area contributed by atoms with Crippen LogP contribution in [0.4, 0.5) is 0 Å². The van der Waals surface area contributed by atoms with Crippen LogP contribution in [0.3, 0.4) is 0 Å². The highest BCUT2D eigenvalue weighted by molar-refractivity contribution is 5.91. The molecule has 0 aromatic heterocycles. The van der Waals surface area contributed by atoms with Gasteiger partial charge in [0.1, 0.15) is 0 Å². The number of hydrogen-bond acceptors (Lipinski definition) is 5. The van der Waals surface area contributed by atoms with Gasteiger partial charge in [-0.2, -0.15) is 0 Å². The molecule has 0 aliphatic carbocycles. The summed E-state index contributed by atoms with van der Waals surface area (Å²) in [6.07, 6.45) is -1.21. The van der Waals surface area contributed by atoms with Gasteiger partial charge in [-0.05, 0) is 17.7 Å². The zero-order valence-corrected chi connectivity index (χ0v) is 12.1. The minimum atomic E-state index is -1.21. The van der Waals surface area contributed by atoms with Gasteiger partial charge in [-0.1, -0.05) is 48.5 Å². The van der Waals surface area contributed by atoms with E-state index in [-0.39, 0.29) is 0 Å². The number of rotatable bonds is 5. The molecule has 0 aliphatic heterocycles. The summed E-state index contributed by atoms with van der Waals surface area (Å²) in [5, 5.41) is 0. The first kappa shape index (κ1) is 15.7. The molecule has 5 nitrogen and oxygen atoms in total. The van der Waals surface area contributed by atoms with Gasteiger partial charge in [0.15, 0.2) is 0 Å². The molecule has 2 rings (SSSR count). The highest BCUT2D eigenvalue weighted by Crippen LogP contribution is 2.19. The van der Waals surface area contributed by atoms with Crippen molar-refractivity contribution in [2.24, 2.45) is 5.73 Å².